The Morgan fingerprint density at radius 1 is 1.26 bits per heavy atom. The van der Waals surface area contributed by atoms with Gasteiger partial charge in [0.15, 0.2) is 9.84 Å². The molecule has 104 valence electrons. The molecular weight excluding hydrogens is 260 g/mol. The van der Waals surface area contributed by atoms with Crippen molar-refractivity contribution in [3.8, 4) is 0 Å². The molecule has 0 aliphatic carbocycles. The Labute approximate surface area is 114 Å². The molecular formula is C14H20N2O2S. The molecule has 2 aliphatic heterocycles. The molecule has 0 spiro atoms. The summed E-state index contributed by atoms with van der Waals surface area (Å²) in [5.41, 5.74) is 1.14. The molecule has 4 nitrogen and oxygen atoms in total. The minimum absolute atomic E-state index is 0.157. The van der Waals surface area contributed by atoms with Gasteiger partial charge in [0.2, 0.25) is 0 Å². The van der Waals surface area contributed by atoms with Crippen molar-refractivity contribution in [2.75, 3.05) is 30.3 Å². The van der Waals surface area contributed by atoms with Gasteiger partial charge in [-0.2, -0.15) is 0 Å². The average molecular weight is 280 g/mol. The second-order valence-corrected chi connectivity index (χ2v) is 7.64. The minimum Gasteiger partial charge on any atom is -0.367 e. The van der Waals surface area contributed by atoms with Crippen LogP contribution in [0, 0.1) is 5.92 Å². The summed E-state index contributed by atoms with van der Waals surface area (Å²) < 4.78 is 23.6. The van der Waals surface area contributed by atoms with Gasteiger partial charge >= 0.3 is 0 Å². The third-order valence-electron chi connectivity index (χ3n) is 4.35. The van der Waals surface area contributed by atoms with Gasteiger partial charge in [0.05, 0.1) is 10.6 Å². The molecule has 3 rings (SSSR count). The molecule has 2 fully saturated rings. The number of fused-ring (bicyclic) bond motifs is 1. The lowest BCUT2D eigenvalue weighted by atomic mass is 10.1. The Kier molecular flexibility index (Phi) is 3.27. The standard InChI is InChI=1S/C14H20N2O2S/c1-2-19(17,18)13-5-3-12(4-6-13)16-8-7-11-9-15-10-14(11)16/h3-6,11,14-15H,2,7-10H2,1H3/t11-,14+/m0/s1. The van der Waals surface area contributed by atoms with Crippen LogP contribution in [0.5, 0.6) is 0 Å². The molecule has 1 aromatic rings. The molecule has 19 heavy (non-hydrogen) atoms. The summed E-state index contributed by atoms with van der Waals surface area (Å²) in [6, 6.07) is 7.95. The predicted octanol–water partition coefficient (Wildman–Crippen LogP) is 1.28. The van der Waals surface area contributed by atoms with Crippen molar-refractivity contribution in [2.24, 2.45) is 5.92 Å². The number of nitrogens with one attached hydrogen (secondary N) is 1. The van der Waals surface area contributed by atoms with E-state index in [1.807, 2.05) is 12.1 Å². The largest absolute Gasteiger partial charge is 0.367 e. The Hall–Kier alpha value is -1.07. The normalized spacial score (nSPS) is 26.7. The van der Waals surface area contributed by atoms with Crippen molar-refractivity contribution in [1.82, 2.24) is 5.32 Å². The molecule has 2 saturated heterocycles. The van der Waals surface area contributed by atoms with Gasteiger partial charge in [0.1, 0.15) is 0 Å². The topological polar surface area (TPSA) is 49.4 Å². The first kappa shape index (κ1) is 12.9. The fourth-order valence-electron chi connectivity index (χ4n) is 3.18. The first-order valence-corrected chi connectivity index (χ1v) is 8.57. The van der Waals surface area contributed by atoms with Crippen molar-refractivity contribution in [1.29, 1.82) is 0 Å². The molecule has 0 bridgehead atoms. The molecule has 0 saturated carbocycles. The maximum absolute atomic E-state index is 11.8. The van der Waals surface area contributed by atoms with Gasteiger partial charge in [0.25, 0.3) is 0 Å². The number of anilines is 1. The third-order valence-corrected chi connectivity index (χ3v) is 6.10. The van der Waals surface area contributed by atoms with Crippen molar-refractivity contribution in [3.63, 3.8) is 0 Å². The van der Waals surface area contributed by atoms with Crippen molar-refractivity contribution in [3.05, 3.63) is 24.3 Å². The first-order chi connectivity index (χ1) is 9.12. The summed E-state index contributed by atoms with van der Waals surface area (Å²) in [7, 11) is -3.09. The van der Waals surface area contributed by atoms with Crippen LogP contribution in [0.2, 0.25) is 0 Å². The van der Waals surface area contributed by atoms with Crippen LogP contribution in [0.15, 0.2) is 29.2 Å². The predicted molar refractivity (Wildman–Crippen MR) is 76.3 cm³/mol. The number of rotatable bonds is 3. The van der Waals surface area contributed by atoms with E-state index < -0.39 is 9.84 Å². The minimum atomic E-state index is -3.09. The van der Waals surface area contributed by atoms with E-state index in [9.17, 15) is 8.42 Å². The van der Waals surface area contributed by atoms with Crippen LogP contribution < -0.4 is 10.2 Å². The van der Waals surface area contributed by atoms with E-state index in [2.05, 4.69) is 10.2 Å². The van der Waals surface area contributed by atoms with Crippen LogP contribution in [-0.4, -0.2) is 39.8 Å². The van der Waals surface area contributed by atoms with E-state index in [4.69, 9.17) is 0 Å². The van der Waals surface area contributed by atoms with Crippen LogP contribution in [-0.2, 0) is 9.84 Å². The summed E-state index contributed by atoms with van der Waals surface area (Å²) in [5.74, 6) is 0.907. The lowest BCUT2D eigenvalue weighted by Crippen LogP contribution is -2.34. The molecule has 2 aliphatic rings. The maximum Gasteiger partial charge on any atom is 0.178 e. The Morgan fingerprint density at radius 3 is 2.68 bits per heavy atom. The Bertz CT molecular complexity index is 553. The Morgan fingerprint density at radius 2 is 2.00 bits per heavy atom. The van der Waals surface area contributed by atoms with Crippen molar-refractivity contribution >= 4 is 15.5 Å². The zero-order valence-corrected chi connectivity index (χ0v) is 12.0. The number of sulfone groups is 1. The Balaban J connectivity index is 1.83. The van der Waals surface area contributed by atoms with E-state index in [1.165, 1.54) is 6.42 Å². The molecule has 1 aromatic carbocycles. The van der Waals surface area contributed by atoms with Crippen molar-refractivity contribution < 1.29 is 8.42 Å². The number of hydrogen-bond donors (Lipinski definition) is 1. The highest BCUT2D eigenvalue weighted by atomic mass is 32.2. The fraction of sp³-hybridized carbons (Fsp3) is 0.571. The van der Waals surface area contributed by atoms with Crippen LogP contribution >= 0.6 is 0 Å². The molecule has 0 aromatic heterocycles. The molecule has 0 amide bonds. The zero-order chi connectivity index (χ0) is 13.5. The second kappa shape index (κ2) is 4.80. The molecule has 2 heterocycles. The van der Waals surface area contributed by atoms with E-state index >= 15 is 0 Å². The lowest BCUT2D eigenvalue weighted by molar-refractivity contribution is 0.578. The first-order valence-electron chi connectivity index (χ1n) is 6.92. The fourth-order valence-corrected chi connectivity index (χ4v) is 4.07. The summed E-state index contributed by atoms with van der Waals surface area (Å²) in [6.07, 6.45) is 1.23. The quantitative estimate of drug-likeness (QED) is 0.906. The third kappa shape index (κ3) is 2.25. The SMILES string of the molecule is CCS(=O)(=O)c1ccc(N2CC[C@H]3CNC[C@H]32)cc1. The summed E-state index contributed by atoms with van der Waals surface area (Å²) in [4.78, 5) is 2.84. The summed E-state index contributed by atoms with van der Waals surface area (Å²) in [5, 5.41) is 3.43. The maximum atomic E-state index is 11.8. The van der Waals surface area contributed by atoms with Crippen LogP contribution in [0.4, 0.5) is 5.69 Å². The summed E-state index contributed by atoms with van der Waals surface area (Å²) >= 11 is 0. The monoisotopic (exact) mass is 280 g/mol. The van der Waals surface area contributed by atoms with Gasteiger partial charge in [0, 0.05) is 31.4 Å². The smallest absolute Gasteiger partial charge is 0.178 e. The molecule has 1 N–H and O–H groups in total. The number of hydrogen-bond acceptors (Lipinski definition) is 4. The van der Waals surface area contributed by atoms with Crippen LogP contribution in [0.1, 0.15) is 13.3 Å². The van der Waals surface area contributed by atoms with Crippen LogP contribution in [0.3, 0.4) is 0 Å². The highest BCUT2D eigenvalue weighted by molar-refractivity contribution is 7.91. The zero-order valence-electron chi connectivity index (χ0n) is 11.2. The van der Waals surface area contributed by atoms with Crippen molar-refractivity contribution in [2.45, 2.75) is 24.3 Å². The highest BCUT2D eigenvalue weighted by Crippen LogP contribution is 2.32. The second-order valence-electron chi connectivity index (χ2n) is 5.37. The highest BCUT2D eigenvalue weighted by Gasteiger charge is 2.37. The van der Waals surface area contributed by atoms with Crippen LogP contribution in [0.25, 0.3) is 0 Å². The average Bonchev–Trinajstić information content (AvgIpc) is 3.01. The van der Waals surface area contributed by atoms with Gasteiger partial charge in [-0.25, -0.2) is 8.42 Å². The van der Waals surface area contributed by atoms with E-state index in [1.54, 1.807) is 19.1 Å². The lowest BCUT2D eigenvalue weighted by Gasteiger charge is -2.25. The van der Waals surface area contributed by atoms with Gasteiger partial charge in [-0.3, -0.25) is 0 Å². The molecule has 5 heteroatoms. The number of benzene rings is 1. The van der Waals surface area contributed by atoms with E-state index in [-0.39, 0.29) is 5.75 Å². The van der Waals surface area contributed by atoms with Gasteiger partial charge in [-0.15, -0.1) is 0 Å². The number of nitrogens with zero attached hydrogens (tertiary/aromatic N) is 1. The molecule has 0 radical (unpaired) electrons. The van der Waals surface area contributed by atoms with Gasteiger partial charge in [-0.05, 0) is 36.6 Å². The van der Waals surface area contributed by atoms with E-state index in [0.717, 1.165) is 31.2 Å². The summed E-state index contributed by atoms with van der Waals surface area (Å²) in [6.45, 7) is 4.92. The molecule has 2 atom stereocenters. The van der Waals surface area contributed by atoms with E-state index in [0.29, 0.717) is 10.9 Å². The van der Waals surface area contributed by atoms with Gasteiger partial charge < -0.3 is 10.2 Å². The van der Waals surface area contributed by atoms with Gasteiger partial charge in [-0.1, -0.05) is 6.92 Å². The molecule has 0 unspecified atom stereocenters.